The van der Waals surface area contributed by atoms with Crippen LogP contribution in [0.25, 0.3) is 0 Å². The van der Waals surface area contributed by atoms with E-state index in [0.29, 0.717) is 29.4 Å². The molecule has 0 bridgehead atoms. The lowest BCUT2D eigenvalue weighted by atomic mass is 9.99. The number of rotatable bonds is 9. The second-order valence-electron chi connectivity index (χ2n) is 5.32. The summed E-state index contributed by atoms with van der Waals surface area (Å²) in [5, 5.41) is 8.93. The first-order valence-corrected chi connectivity index (χ1v) is 7.67. The van der Waals surface area contributed by atoms with Crippen molar-refractivity contribution < 1.29 is 24.1 Å². The monoisotopic (exact) mass is 324 g/mol. The number of allylic oxidation sites excluding steroid dienone is 2. The average Bonchev–Trinajstić information content (AvgIpc) is 2.57. The highest BCUT2D eigenvalue weighted by Crippen LogP contribution is 2.49. The second kappa shape index (κ2) is 9.30. The lowest BCUT2D eigenvalue weighted by Crippen LogP contribution is -2.04. The van der Waals surface area contributed by atoms with Crippen molar-refractivity contribution in [3.63, 3.8) is 0 Å². The van der Waals surface area contributed by atoms with Gasteiger partial charge in [-0.1, -0.05) is 11.6 Å². The molecule has 0 radical (unpaired) electrons. The lowest BCUT2D eigenvalue weighted by molar-refractivity contribution is 0.288. The first-order valence-electron chi connectivity index (χ1n) is 7.67. The average molecular weight is 324 g/mol. The highest BCUT2D eigenvalue weighted by molar-refractivity contribution is 5.67. The number of methoxy groups -OCH3 is 4. The van der Waals surface area contributed by atoms with Gasteiger partial charge in [0, 0.05) is 17.7 Å². The summed E-state index contributed by atoms with van der Waals surface area (Å²) in [5.41, 5.74) is 3.20. The van der Waals surface area contributed by atoms with Crippen LogP contribution < -0.4 is 18.9 Å². The van der Waals surface area contributed by atoms with Gasteiger partial charge in [-0.2, -0.15) is 0 Å². The Labute approximate surface area is 138 Å². The van der Waals surface area contributed by atoms with E-state index in [1.165, 1.54) is 5.57 Å². The molecule has 0 aliphatic rings. The third-order valence-corrected chi connectivity index (χ3v) is 3.89. The molecule has 0 unspecified atom stereocenters. The van der Waals surface area contributed by atoms with E-state index < -0.39 is 0 Å². The van der Waals surface area contributed by atoms with E-state index >= 15 is 0 Å². The van der Waals surface area contributed by atoms with Crippen LogP contribution >= 0.6 is 0 Å². The Morgan fingerprint density at radius 1 is 0.913 bits per heavy atom. The summed E-state index contributed by atoms with van der Waals surface area (Å²) in [6, 6.07) is 0. The Hall–Kier alpha value is -1.88. The molecule has 0 amide bonds. The standard InChI is InChI=1S/C18H28O5/c1-12(8-7-11-19)9-10-14-13(2)15(20-3)17(22-5)18(23-6)16(14)21-4/h9,19H,7-8,10-11H2,1-6H3/b12-9+. The fourth-order valence-electron chi connectivity index (χ4n) is 2.64. The van der Waals surface area contributed by atoms with E-state index in [0.717, 1.165) is 24.0 Å². The van der Waals surface area contributed by atoms with Crippen LogP contribution in [0, 0.1) is 6.92 Å². The Balaban J connectivity index is 3.35. The summed E-state index contributed by atoms with van der Waals surface area (Å²) in [5.74, 6) is 2.39. The molecule has 0 atom stereocenters. The Morgan fingerprint density at radius 3 is 1.91 bits per heavy atom. The normalized spacial score (nSPS) is 11.3. The zero-order valence-corrected chi connectivity index (χ0v) is 15.0. The molecule has 5 nitrogen and oxygen atoms in total. The molecule has 5 heteroatoms. The maximum absolute atomic E-state index is 8.93. The summed E-state index contributed by atoms with van der Waals surface area (Å²) in [7, 11) is 6.40. The largest absolute Gasteiger partial charge is 0.492 e. The molecule has 0 aliphatic heterocycles. The van der Waals surface area contributed by atoms with Crippen LogP contribution in [0.5, 0.6) is 23.0 Å². The second-order valence-corrected chi connectivity index (χ2v) is 5.32. The Kier molecular flexibility index (Phi) is 7.75. The molecule has 0 heterocycles. The molecule has 0 fully saturated rings. The van der Waals surface area contributed by atoms with Crippen molar-refractivity contribution in [1.82, 2.24) is 0 Å². The van der Waals surface area contributed by atoms with Crippen molar-refractivity contribution in [3.8, 4) is 23.0 Å². The molecule has 0 spiro atoms. The van der Waals surface area contributed by atoms with Gasteiger partial charge in [0.25, 0.3) is 0 Å². The number of ether oxygens (including phenoxy) is 4. The predicted molar refractivity (Wildman–Crippen MR) is 91.2 cm³/mol. The minimum absolute atomic E-state index is 0.206. The van der Waals surface area contributed by atoms with Crippen LogP contribution in [-0.2, 0) is 6.42 Å². The number of benzene rings is 1. The third-order valence-electron chi connectivity index (χ3n) is 3.89. The van der Waals surface area contributed by atoms with Crippen LogP contribution in [0.15, 0.2) is 11.6 Å². The first-order chi connectivity index (χ1) is 11.0. The van der Waals surface area contributed by atoms with Crippen molar-refractivity contribution in [2.24, 2.45) is 0 Å². The predicted octanol–water partition coefficient (Wildman–Crippen LogP) is 3.29. The Bertz CT molecular complexity index is 549. The topological polar surface area (TPSA) is 57.2 Å². The van der Waals surface area contributed by atoms with Gasteiger partial charge in [-0.05, 0) is 33.1 Å². The van der Waals surface area contributed by atoms with Crippen molar-refractivity contribution in [2.45, 2.75) is 33.1 Å². The fourth-order valence-corrected chi connectivity index (χ4v) is 2.64. The van der Waals surface area contributed by atoms with E-state index in [4.69, 9.17) is 24.1 Å². The molecular formula is C18H28O5. The molecule has 130 valence electrons. The van der Waals surface area contributed by atoms with Crippen LogP contribution in [0.3, 0.4) is 0 Å². The molecular weight excluding hydrogens is 296 g/mol. The van der Waals surface area contributed by atoms with Gasteiger partial charge in [-0.25, -0.2) is 0 Å². The smallest absolute Gasteiger partial charge is 0.207 e. The van der Waals surface area contributed by atoms with Gasteiger partial charge < -0.3 is 24.1 Å². The van der Waals surface area contributed by atoms with Crippen molar-refractivity contribution in [2.75, 3.05) is 35.0 Å². The zero-order chi connectivity index (χ0) is 17.4. The van der Waals surface area contributed by atoms with Crippen molar-refractivity contribution in [3.05, 3.63) is 22.8 Å². The summed E-state index contributed by atoms with van der Waals surface area (Å²) < 4.78 is 22.0. The van der Waals surface area contributed by atoms with Gasteiger partial charge >= 0.3 is 0 Å². The molecule has 0 aromatic heterocycles. The minimum atomic E-state index is 0.206. The van der Waals surface area contributed by atoms with E-state index in [-0.39, 0.29) is 6.61 Å². The molecule has 1 N–H and O–H groups in total. The number of hydrogen-bond acceptors (Lipinski definition) is 5. The summed E-state index contributed by atoms with van der Waals surface area (Å²) in [4.78, 5) is 0. The van der Waals surface area contributed by atoms with Crippen LogP contribution in [-0.4, -0.2) is 40.2 Å². The lowest BCUT2D eigenvalue weighted by Gasteiger charge is -2.21. The molecule has 0 aliphatic carbocycles. The summed E-state index contributed by atoms with van der Waals surface area (Å²) >= 11 is 0. The highest BCUT2D eigenvalue weighted by Gasteiger charge is 2.24. The zero-order valence-electron chi connectivity index (χ0n) is 15.0. The van der Waals surface area contributed by atoms with Gasteiger partial charge in [0.1, 0.15) is 0 Å². The van der Waals surface area contributed by atoms with Gasteiger partial charge in [-0.3, -0.25) is 0 Å². The highest BCUT2D eigenvalue weighted by atomic mass is 16.5. The molecule has 1 rings (SSSR count). The fraction of sp³-hybridized carbons (Fsp3) is 0.556. The SMILES string of the molecule is COc1c(C)c(C/C=C(\C)CCCO)c(OC)c(OC)c1OC. The quantitative estimate of drug-likeness (QED) is 0.706. The Morgan fingerprint density at radius 2 is 1.43 bits per heavy atom. The van der Waals surface area contributed by atoms with E-state index in [1.54, 1.807) is 28.4 Å². The van der Waals surface area contributed by atoms with E-state index in [1.807, 2.05) is 6.92 Å². The van der Waals surface area contributed by atoms with Gasteiger partial charge in [-0.15, -0.1) is 0 Å². The first kappa shape index (κ1) is 19.2. The van der Waals surface area contributed by atoms with E-state index in [2.05, 4.69) is 13.0 Å². The molecule has 0 saturated carbocycles. The van der Waals surface area contributed by atoms with Gasteiger partial charge in [0.2, 0.25) is 11.5 Å². The summed E-state index contributed by atoms with van der Waals surface area (Å²) in [6.07, 6.45) is 4.49. The maximum Gasteiger partial charge on any atom is 0.207 e. The number of hydrogen-bond donors (Lipinski definition) is 1. The summed E-state index contributed by atoms with van der Waals surface area (Å²) in [6.45, 7) is 4.25. The van der Waals surface area contributed by atoms with Crippen molar-refractivity contribution >= 4 is 0 Å². The maximum atomic E-state index is 8.93. The van der Waals surface area contributed by atoms with Crippen LogP contribution in [0.1, 0.15) is 30.9 Å². The van der Waals surface area contributed by atoms with Crippen molar-refractivity contribution in [1.29, 1.82) is 0 Å². The van der Waals surface area contributed by atoms with Gasteiger partial charge in [0.15, 0.2) is 11.5 Å². The van der Waals surface area contributed by atoms with E-state index in [9.17, 15) is 0 Å². The van der Waals surface area contributed by atoms with Gasteiger partial charge in [0.05, 0.1) is 28.4 Å². The molecule has 0 saturated heterocycles. The molecule has 1 aromatic rings. The minimum Gasteiger partial charge on any atom is -0.492 e. The molecule has 1 aromatic carbocycles. The number of aliphatic hydroxyl groups excluding tert-OH is 1. The molecule has 23 heavy (non-hydrogen) atoms. The number of aliphatic hydroxyl groups is 1. The van der Waals surface area contributed by atoms with Crippen LogP contribution in [0.2, 0.25) is 0 Å². The third kappa shape index (κ3) is 4.32. The van der Waals surface area contributed by atoms with Crippen LogP contribution in [0.4, 0.5) is 0 Å².